The third-order valence-corrected chi connectivity index (χ3v) is 10.7. The van der Waals surface area contributed by atoms with Crippen molar-refractivity contribution in [1.29, 1.82) is 0 Å². The minimum atomic E-state index is -1.40. The molecule has 0 amide bonds. The predicted molar refractivity (Wildman–Crippen MR) is 144 cm³/mol. The molecule has 0 aliphatic heterocycles. The van der Waals surface area contributed by atoms with Crippen LogP contribution >= 0.6 is 0 Å². The van der Waals surface area contributed by atoms with Gasteiger partial charge in [-0.25, -0.2) is 0 Å². The lowest BCUT2D eigenvalue weighted by atomic mass is 9.40. The highest BCUT2D eigenvalue weighted by Gasteiger charge is 2.28. The van der Waals surface area contributed by atoms with Crippen LogP contribution in [0.4, 0.5) is 0 Å². The highest BCUT2D eigenvalue weighted by molar-refractivity contribution is 6.87. The zero-order chi connectivity index (χ0) is 22.1. The summed E-state index contributed by atoms with van der Waals surface area (Å²) in [7, 11) is -2.79. The fraction of sp³-hybridized carbons (Fsp3) is 0.750. The van der Waals surface area contributed by atoms with Crippen LogP contribution in [0.5, 0.6) is 0 Å². The van der Waals surface area contributed by atoms with Gasteiger partial charge in [0, 0.05) is 0 Å². The van der Waals surface area contributed by atoms with Gasteiger partial charge in [-0.3, -0.25) is 0 Å². The van der Waals surface area contributed by atoms with Crippen LogP contribution in [0.1, 0.15) is 54.4 Å². The lowest BCUT2D eigenvalue weighted by Crippen LogP contribution is -2.30. The number of hydrogen-bond acceptors (Lipinski definition) is 0. The molecule has 0 radical (unpaired) electrons. The Kier molecular flexibility index (Phi) is 12.4. The van der Waals surface area contributed by atoms with Gasteiger partial charge in [0.1, 0.15) is 0 Å². The van der Waals surface area contributed by atoms with Gasteiger partial charge in [0.15, 0.2) is 13.4 Å². The number of hydrogen-bond donors (Lipinski definition) is 0. The molecule has 28 heavy (non-hydrogen) atoms. The minimum absolute atomic E-state index is 0.750. The van der Waals surface area contributed by atoms with Crippen molar-refractivity contribution in [3.63, 3.8) is 0 Å². The van der Waals surface area contributed by atoms with Gasteiger partial charge in [0.25, 0.3) is 0 Å². The van der Waals surface area contributed by atoms with Gasteiger partial charge in [-0.2, -0.15) is 0 Å². The molecule has 0 fully saturated rings. The highest BCUT2D eigenvalue weighted by Crippen LogP contribution is 2.30. The van der Waals surface area contributed by atoms with Gasteiger partial charge < -0.3 is 0 Å². The second kappa shape index (κ2) is 12.5. The highest BCUT2D eigenvalue weighted by atomic mass is 28.3. The Hall–Kier alpha value is -0.216. The molecule has 0 aromatic heterocycles. The van der Waals surface area contributed by atoms with E-state index >= 15 is 0 Å². The van der Waals surface area contributed by atoms with Gasteiger partial charge >= 0.3 is 0 Å². The van der Waals surface area contributed by atoms with Crippen LogP contribution < -0.4 is 0 Å². The number of rotatable bonds is 12. The van der Waals surface area contributed by atoms with E-state index in [1.165, 1.54) is 38.1 Å². The third-order valence-electron chi connectivity index (χ3n) is 6.44. The normalized spacial score (nSPS) is 14.9. The van der Waals surface area contributed by atoms with Gasteiger partial charge in [-0.05, 0) is 12.8 Å². The summed E-state index contributed by atoms with van der Waals surface area (Å²) >= 11 is 0. The Morgan fingerprint density at radius 1 is 0.536 bits per heavy atom. The molecule has 0 aliphatic rings. The fourth-order valence-electron chi connectivity index (χ4n) is 4.81. The fourth-order valence-corrected chi connectivity index (χ4v) is 8.66. The topological polar surface area (TPSA) is 0 Å². The largest absolute Gasteiger partial charge is 0.169 e. The molecule has 0 bridgehead atoms. The first-order chi connectivity index (χ1) is 12.9. The molecular weight excluding hydrogens is 366 g/mol. The van der Waals surface area contributed by atoms with Crippen molar-refractivity contribution in [3.05, 3.63) is 33.5 Å². The molecule has 0 spiro atoms. The van der Waals surface area contributed by atoms with Crippen molar-refractivity contribution in [2.24, 2.45) is 0 Å². The lowest BCUT2D eigenvalue weighted by Gasteiger charge is -2.29. The molecule has 0 aromatic carbocycles. The molecule has 0 aromatic rings. The van der Waals surface area contributed by atoms with E-state index in [1.54, 1.807) is 21.3 Å². The van der Waals surface area contributed by atoms with E-state index in [4.69, 9.17) is 0 Å². The van der Waals surface area contributed by atoms with Crippen molar-refractivity contribution in [2.75, 3.05) is 0 Å². The third kappa shape index (κ3) is 7.90. The van der Waals surface area contributed by atoms with E-state index in [0.717, 1.165) is 13.4 Å². The molecule has 0 N–H and O–H groups in total. The van der Waals surface area contributed by atoms with Crippen LogP contribution in [0.25, 0.3) is 0 Å². The SMILES string of the molecule is CCB(CC)/C(CC)=C(/C=C/C(=C(\CC)B(CC)CC)[Si](C)(C)C)[Si](C)(C)C. The molecular formula is C24H50B2Si2. The second-order valence-electron chi connectivity index (χ2n) is 10.4. The van der Waals surface area contributed by atoms with Crippen molar-refractivity contribution >= 4 is 29.6 Å². The van der Waals surface area contributed by atoms with Crippen LogP contribution in [-0.2, 0) is 0 Å². The van der Waals surface area contributed by atoms with Gasteiger partial charge in [-0.1, -0.05) is 129 Å². The van der Waals surface area contributed by atoms with Crippen LogP contribution in [-0.4, -0.2) is 29.6 Å². The smallest absolute Gasteiger partial charge is 0.102 e. The van der Waals surface area contributed by atoms with E-state index in [1.807, 2.05) is 0 Å². The number of allylic oxidation sites excluding steroid dienone is 6. The van der Waals surface area contributed by atoms with Crippen molar-refractivity contribution in [2.45, 2.75) is 119 Å². The summed E-state index contributed by atoms with van der Waals surface area (Å²) in [4.78, 5) is 0. The van der Waals surface area contributed by atoms with Crippen molar-refractivity contribution < 1.29 is 0 Å². The molecule has 0 unspecified atom stereocenters. The van der Waals surface area contributed by atoms with Crippen LogP contribution in [0.2, 0.25) is 64.6 Å². The van der Waals surface area contributed by atoms with Gasteiger partial charge in [-0.15, -0.1) is 10.9 Å². The maximum Gasteiger partial charge on any atom is 0.169 e. The zero-order valence-corrected chi connectivity index (χ0v) is 23.6. The van der Waals surface area contributed by atoms with Crippen molar-refractivity contribution in [3.8, 4) is 0 Å². The maximum absolute atomic E-state index is 2.59. The summed E-state index contributed by atoms with van der Waals surface area (Å²) in [5.74, 6) is 0. The summed E-state index contributed by atoms with van der Waals surface area (Å²) < 4.78 is 0. The van der Waals surface area contributed by atoms with Crippen LogP contribution in [0.15, 0.2) is 33.5 Å². The molecule has 0 aliphatic carbocycles. The molecule has 0 saturated carbocycles. The molecule has 0 rings (SSSR count). The second-order valence-corrected chi connectivity index (χ2v) is 20.5. The van der Waals surface area contributed by atoms with Crippen LogP contribution in [0, 0.1) is 0 Å². The van der Waals surface area contributed by atoms with Gasteiger partial charge in [0.2, 0.25) is 0 Å². The predicted octanol–water partition coefficient (Wildman–Crippen LogP) is 8.86. The summed E-state index contributed by atoms with van der Waals surface area (Å²) in [5.41, 5.74) is 3.49. The summed E-state index contributed by atoms with van der Waals surface area (Å²) in [6.45, 7) is 30.9. The van der Waals surface area contributed by atoms with E-state index in [9.17, 15) is 0 Å². The first-order valence-corrected chi connectivity index (χ1v) is 19.1. The summed E-state index contributed by atoms with van der Waals surface area (Å²) in [6, 6.07) is 0. The maximum atomic E-state index is 2.59. The first-order valence-electron chi connectivity index (χ1n) is 12.1. The molecule has 0 saturated heterocycles. The average molecular weight is 416 g/mol. The summed E-state index contributed by atoms with van der Waals surface area (Å²) in [6.07, 6.45) is 12.7. The Labute approximate surface area is 181 Å². The zero-order valence-electron chi connectivity index (χ0n) is 21.6. The Morgan fingerprint density at radius 3 is 0.929 bits per heavy atom. The molecule has 0 nitrogen and oxygen atoms in total. The van der Waals surface area contributed by atoms with E-state index in [2.05, 4.69) is 93.0 Å². The molecule has 160 valence electrons. The van der Waals surface area contributed by atoms with Crippen molar-refractivity contribution in [1.82, 2.24) is 0 Å². The molecule has 4 heteroatoms. The average Bonchev–Trinajstić information content (AvgIpc) is 2.60. The first kappa shape index (κ1) is 27.8. The van der Waals surface area contributed by atoms with Crippen LogP contribution in [0.3, 0.4) is 0 Å². The van der Waals surface area contributed by atoms with Gasteiger partial charge in [0.05, 0.1) is 16.1 Å². The molecule has 0 atom stereocenters. The molecule has 0 heterocycles. The Balaban J connectivity index is 6.67. The Morgan fingerprint density at radius 2 is 0.786 bits per heavy atom. The van der Waals surface area contributed by atoms with E-state index in [0.29, 0.717) is 0 Å². The monoisotopic (exact) mass is 416 g/mol. The summed E-state index contributed by atoms with van der Waals surface area (Å²) in [5, 5.41) is 3.44. The van der Waals surface area contributed by atoms with E-state index in [-0.39, 0.29) is 0 Å². The van der Waals surface area contributed by atoms with E-state index < -0.39 is 16.1 Å². The standard InChI is InChI=1S/C24H50B2Si2/c1-13-21(25(15-3)16-4)23(27(7,8)9)19-20-24(28(10,11)12)22(14-2)26(17-5)18-6/h19-20H,13-18H2,1-12H3/b20-19+,23-21-,24-22-. The quantitative estimate of drug-likeness (QED) is 0.220. The lowest BCUT2D eigenvalue weighted by molar-refractivity contribution is 1.14. The Bertz CT molecular complexity index is 502. The minimum Gasteiger partial charge on any atom is -0.102 e.